The third kappa shape index (κ3) is 4.06. The molecule has 2 unspecified atom stereocenters. The predicted octanol–water partition coefficient (Wildman–Crippen LogP) is 3.07. The smallest absolute Gasteiger partial charge is 0.240 e. The Morgan fingerprint density at radius 2 is 2.14 bits per heavy atom. The Balaban J connectivity index is 1.50. The first kappa shape index (κ1) is 20.0. The van der Waals surface area contributed by atoms with Crippen molar-refractivity contribution < 1.29 is 17.3 Å². The maximum Gasteiger partial charge on any atom is 0.240 e. The molecule has 0 bridgehead atoms. The van der Waals surface area contributed by atoms with E-state index in [0.717, 1.165) is 0 Å². The number of aryl methyl sites for hydroxylation is 1. The van der Waals surface area contributed by atoms with Crippen molar-refractivity contribution in [1.29, 1.82) is 0 Å². The molecular formula is C18H20FN5O3S2. The summed E-state index contributed by atoms with van der Waals surface area (Å²) in [6, 6.07) is 4.80. The lowest BCUT2D eigenvalue weighted by molar-refractivity contribution is 0.380. The molecule has 154 valence electrons. The molecule has 2 atom stereocenters. The number of thioether (sulfide) groups is 1. The van der Waals surface area contributed by atoms with Gasteiger partial charge in [-0.2, -0.15) is 4.98 Å². The quantitative estimate of drug-likeness (QED) is 0.561. The van der Waals surface area contributed by atoms with Crippen LogP contribution in [0.3, 0.4) is 0 Å². The number of aromatic nitrogens is 5. The fourth-order valence-electron chi connectivity index (χ4n) is 3.24. The second-order valence-electron chi connectivity index (χ2n) is 7.18. The van der Waals surface area contributed by atoms with Crippen LogP contribution in [0.4, 0.5) is 4.39 Å². The van der Waals surface area contributed by atoms with Crippen LogP contribution in [0.25, 0.3) is 11.4 Å². The topological polar surface area (TPSA) is 104 Å². The number of halogens is 1. The van der Waals surface area contributed by atoms with E-state index in [1.807, 2.05) is 18.5 Å². The summed E-state index contributed by atoms with van der Waals surface area (Å²) in [5.41, 5.74) is 1.10. The monoisotopic (exact) mass is 437 g/mol. The van der Waals surface area contributed by atoms with Crippen molar-refractivity contribution in [2.24, 2.45) is 7.05 Å². The van der Waals surface area contributed by atoms with E-state index in [-0.39, 0.29) is 28.5 Å². The number of nitrogens with zero attached hydrogens (tertiary/aromatic N) is 5. The highest BCUT2D eigenvalue weighted by atomic mass is 32.2. The van der Waals surface area contributed by atoms with E-state index in [2.05, 4.69) is 20.3 Å². The van der Waals surface area contributed by atoms with Crippen molar-refractivity contribution in [1.82, 2.24) is 24.9 Å². The van der Waals surface area contributed by atoms with Gasteiger partial charge in [-0.15, -0.1) is 10.2 Å². The van der Waals surface area contributed by atoms with Crippen LogP contribution in [0.15, 0.2) is 27.9 Å². The van der Waals surface area contributed by atoms with Gasteiger partial charge in [-0.3, -0.25) is 0 Å². The van der Waals surface area contributed by atoms with Gasteiger partial charge in [0.1, 0.15) is 11.6 Å². The van der Waals surface area contributed by atoms with Crippen molar-refractivity contribution in [2.75, 3.05) is 11.5 Å². The van der Waals surface area contributed by atoms with E-state index < -0.39 is 9.84 Å². The van der Waals surface area contributed by atoms with Gasteiger partial charge >= 0.3 is 0 Å². The Hall–Kier alpha value is -2.27. The summed E-state index contributed by atoms with van der Waals surface area (Å²) < 4.78 is 44.4. The van der Waals surface area contributed by atoms with E-state index in [4.69, 9.17) is 4.52 Å². The normalized spacial score (nSPS) is 19.5. The van der Waals surface area contributed by atoms with Crippen LogP contribution in [-0.2, 0) is 16.9 Å². The van der Waals surface area contributed by atoms with Crippen LogP contribution in [0.5, 0.6) is 0 Å². The molecule has 11 heteroatoms. The maximum absolute atomic E-state index is 13.8. The van der Waals surface area contributed by atoms with Gasteiger partial charge in [-0.25, -0.2) is 12.8 Å². The first-order valence-corrected chi connectivity index (χ1v) is 11.8. The van der Waals surface area contributed by atoms with E-state index in [1.165, 1.54) is 17.8 Å². The molecule has 0 N–H and O–H groups in total. The Kier molecular flexibility index (Phi) is 5.19. The van der Waals surface area contributed by atoms with E-state index in [0.29, 0.717) is 40.2 Å². The van der Waals surface area contributed by atoms with Gasteiger partial charge < -0.3 is 9.09 Å². The molecule has 3 heterocycles. The first-order chi connectivity index (χ1) is 13.7. The highest BCUT2D eigenvalue weighted by Gasteiger charge is 2.33. The largest absolute Gasteiger partial charge is 0.338 e. The first-order valence-electron chi connectivity index (χ1n) is 9.10. The molecule has 29 heavy (non-hydrogen) atoms. The number of sulfone groups is 1. The van der Waals surface area contributed by atoms with Crippen molar-refractivity contribution in [3.63, 3.8) is 0 Å². The Morgan fingerprint density at radius 3 is 2.83 bits per heavy atom. The number of hydrogen-bond donors (Lipinski definition) is 0. The zero-order chi connectivity index (χ0) is 20.8. The van der Waals surface area contributed by atoms with Crippen LogP contribution >= 0.6 is 11.8 Å². The minimum absolute atomic E-state index is 0.110. The van der Waals surface area contributed by atoms with Gasteiger partial charge in [-0.05, 0) is 31.9 Å². The molecule has 8 nitrogen and oxygen atoms in total. The highest BCUT2D eigenvalue weighted by Crippen LogP contribution is 2.36. The second kappa shape index (κ2) is 7.52. The summed E-state index contributed by atoms with van der Waals surface area (Å²) in [7, 11) is -1.17. The molecule has 0 radical (unpaired) electrons. The van der Waals surface area contributed by atoms with Crippen LogP contribution in [0, 0.1) is 12.7 Å². The standard InChI is InChI=1S/C18H20FN5O3S2/c1-10-4-5-12(8-14(10)19)15-20-17(27-23-15)11(2)28-18-22-21-16(24(18)3)13-6-7-29(25,26)9-13/h4-5,8,11,13H,6-7,9H2,1-3H3. The maximum atomic E-state index is 13.8. The molecule has 0 spiro atoms. The summed E-state index contributed by atoms with van der Waals surface area (Å²) >= 11 is 1.39. The minimum atomic E-state index is -2.99. The molecule has 0 aliphatic carbocycles. The van der Waals surface area contributed by atoms with E-state index in [9.17, 15) is 12.8 Å². The third-order valence-electron chi connectivity index (χ3n) is 4.97. The summed E-state index contributed by atoms with van der Waals surface area (Å²) in [6.07, 6.45) is 0.564. The molecular weight excluding hydrogens is 417 g/mol. The molecule has 1 saturated heterocycles. The average Bonchev–Trinajstić information content (AvgIpc) is 3.37. The minimum Gasteiger partial charge on any atom is -0.338 e. The fraction of sp³-hybridized carbons (Fsp3) is 0.444. The summed E-state index contributed by atoms with van der Waals surface area (Å²) in [5.74, 6) is 1.22. The van der Waals surface area contributed by atoms with E-state index >= 15 is 0 Å². The average molecular weight is 438 g/mol. The lowest BCUT2D eigenvalue weighted by Gasteiger charge is -2.09. The van der Waals surface area contributed by atoms with Crippen molar-refractivity contribution in [3.8, 4) is 11.4 Å². The highest BCUT2D eigenvalue weighted by molar-refractivity contribution is 7.99. The van der Waals surface area contributed by atoms with Crippen LogP contribution < -0.4 is 0 Å². The van der Waals surface area contributed by atoms with Crippen LogP contribution in [-0.4, -0.2) is 44.8 Å². The molecule has 1 fully saturated rings. The van der Waals surface area contributed by atoms with Crippen LogP contribution in [0.1, 0.15) is 41.8 Å². The Bertz CT molecular complexity index is 1160. The Morgan fingerprint density at radius 1 is 1.34 bits per heavy atom. The van der Waals surface area contributed by atoms with Gasteiger partial charge in [-0.1, -0.05) is 29.1 Å². The lowest BCUT2D eigenvalue weighted by atomic mass is 10.1. The molecule has 4 rings (SSSR count). The Labute approximate surface area is 171 Å². The summed E-state index contributed by atoms with van der Waals surface area (Å²) in [6.45, 7) is 3.59. The molecule has 3 aromatic rings. The number of hydrogen-bond acceptors (Lipinski definition) is 8. The second-order valence-corrected chi connectivity index (χ2v) is 10.7. The zero-order valence-electron chi connectivity index (χ0n) is 16.2. The number of rotatable bonds is 5. The molecule has 0 amide bonds. The zero-order valence-corrected chi connectivity index (χ0v) is 17.8. The van der Waals surface area contributed by atoms with Crippen molar-refractivity contribution in [2.45, 2.75) is 36.6 Å². The van der Waals surface area contributed by atoms with E-state index in [1.54, 1.807) is 19.1 Å². The third-order valence-corrected chi connectivity index (χ3v) is 7.86. The summed E-state index contributed by atoms with van der Waals surface area (Å²) in [4.78, 5) is 4.38. The van der Waals surface area contributed by atoms with Crippen LogP contribution in [0.2, 0.25) is 0 Å². The molecule has 1 aliphatic rings. The number of benzene rings is 1. The molecule has 2 aromatic heterocycles. The lowest BCUT2D eigenvalue weighted by Crippen LogP contribution is -2.09. The van der Waals surface area contributed by atoms with Gasteiger partial charge in [0.25, 0.3) is 0 Å². The molecule has 1 aromatic carbocycles. The van der Waals surface area contributed by atoms with Gasteiger partial charge in [0.15, 0.2) is 15.0 Å². The predicted molar refractivity (Wildman–Crippen MR) is 106 cm³/mol. The molecule has 0 saturated carbocycles. The van der Waals surface area contributed by atoms with Gasteiger partial charge in [0.05, 0.1) is 16.8 Å². The SMILES string of the molecule is Cc1ccc(-c2noc(C(C)Sc3nnc(C4CCS(=O)(=O)C4)n3C)n2)cc1F. The summed E-state index contributed by atoms with van der Waals surface area (Å²) in [5, 5.41) is 12.8. The van der Waals surface area contributed by atoms with Crippen molar-refractivity contribution >= 4 is 21.6 Å². The fourth-order valence-corrected chi connectivity index (χ4v) is 5.83. The molecule has 1 aliphatic heterocycles. The van der Waals surface area contributed by atoms with Gasteiger partial charge in [0, 0.05) is 18.5 Å². The van der Waals surface area contributed by atoms with Gasteiger partial charge in [0.2, 0.25) is 11.7 Å². The van der Waals surface area contributed by atoms with Crippen molar-refractivity contribution in [3.05, 3.63) is 41.3 Å².